The molecule has 0 amide bonds. The minimum atomic E-state index is -0.652. The van der Waals surface area contributed by atoms with Crippen LogP contribution in [0.3, 0.4) is 0 Å². The molecule has 0 aromatic heterocycles. The van der Waals surface area contributed by atoms with Crippen molar-refractivity contribution in [1.29, 1.82) is 0 Å². The van der Waals surface area contributed by atoms with Crippen molar-refractivity contribution in [2.75, 3.05) is 10.8 Å². The molecule has 1 aromatic rings. The molecule has 2 bridgehead atoms. The van der Waals surface area contributed by atoms with E-state index in [-0.39, 0.29) is 27.9 Å². The average molecular weight is 411 g/mol. The molecule has 0 spiro atoms. The summed E-state index contributed by atoms with van der Waals surface area (Å²) in [6.07, 6.45) is 3.07. The third-order valence-electron chi connectivity index (χ3n) is 6.21. The van der Waals surface area contributed by atoms with Gasteiger partial charge in [0.2, 0.25) is 0 Å². The van der Waals surface area contributed by atoms with Gasteiger partial charge >= 0.3 is 5.69 Å². The third kappa shape index (κ3) is 2.61. The van der Waals surface area contributed by atoms with Gasteiger partial charge < -0.3 is 0 Å². The monoisotopic (exact) mass is 410 g/mol. The van der Waals surface area contributed by atoms with Crippen LogP contribution in [0, 0.1) is 37.0 Å². The summed E-state index contributed by atoms with van der Waals surface area (Å²) < 4.78 is 0. The number of hydrogen-bond donors (Lipinski definition) is 1. The zero-order valence-electron chi connectivity index (χ0n) is 14.0. The molecule has 0 unspecified atom stereocenters. The van der Waals surface area contributed by atoms with E-state index in [9.17, 15) is 20.2 Å². The van der Waals surface area contributed by atoms with Crippen molar-refractivity contribution in [1.82, 2.24) is 0 Å². The zero-order valence-corrected chi connectivity index (χ0v) is 15.6. The first-order valence-corrected chi connectivity index (χ1v) is 9.17. The second-order valence-electron chi connectivity index (χ2n) is 7.21. The molecule has 1 N–H and O–H groups in total. The molecule has 0 saturated heterocycles. The summed E-state index contributed by atoms with van der Waals surface area (Å²) in [5.74, 6) is 0.546. The molecular weight excluding hydrogens is 392 g/mol. The lowest BCUT2D eigenvalue weighted by Crippen LogP contribution is -2.36. The Bertz CT molecular complexity index is 783. The third-order valence-corrected chi connectivity index (χ3v) is 7.37. The molecule has 2 fully saturated rings. The smallest absolute Gasteiger partial charge is 0.272 e. The second kappa shape index (κ2) is 6.05. The van der Waals surface area contributed by atoms with Gasteiger partial charge in [-0.25, -0.2) is 0 Å². The molecule has 2 aliphatic carbocycles. The zero-order chi connectivity index (χ0) is 18.4. The van der Waals surface area contributed by atoms with Crippen molar-refractivity contribution in [3.05, 3.63) is 38.4 Å². The van der Waals surface area contributed by atoms with Crippen LogP contribution >= 0.6 is 15.9 Å². The summed E-state index contributed by atoms with van der Waals surface area (Å²) in [5.41, 5.74) is 3.36. The largest absolute Gasteiger partial charge is 0.301 e. The van der Waals surface area contributed by atoms with E-state index < -0.39 is 9.85 Å². The van der Waals surface area contributed by atoms with Crippen molar-refractivity contribution in [3.8, 4) is 0 Å². The second-order valence-corrected chi connectivity index (χ2v) is 7.77. The molecule has 0 aliphatic heterocycles. The maximum absolute atomic E-state index is 11.2. The number of hydrogen-bond acceptors (Lipinski definition) is 6. The van der Waals surface area contributed by atoms with Gasteiger partial charge in [0.05, 0.1) is 15.9 Å². The number of alkyl halides is 1. The average Bonchev–Trinajstić information content (AvgIpc) is 2.95. The summed E-state index contributed by atoms with van der Waals surface area (Å²) >= 11 is 3.64. The van der Waals surface area contributed by atoms with E-state index >= 15 is 0 Å². The van der Waals surface area contributed by atoms with Crippen LogP contribution in [-0.4, -0.2) is 20.9 Å². The number of non-ortho nitro benzene ring substituents is 1. The SMILES string of the molecule is C[C@]12CC[C@H](CC1=NNc1ccc([N+](=O)[O-])cc1[N+](=O)[O-])[C@@]2(C)CBr. The van der Waals surface area contributed by atoms with Gasteiger partial charge in [-0.05, 0) is 36.7 Å². The quantitative estimate of drug-likeness (QED) is 0.436. The number of anilines is 1. The number of halogens is 1. The predicted octanol–water partition coefficient (Wildman–Crippen LogP) is 4.49. The highest BCUT2D eigenvalue weighted by atomic mass is 79.9. The van der Waals surface area contributed by atoms with Crippen molar-refractivity contribution in [3.63, 3.8) is 0 Å². The van der Waals surface area contributed by atoms with Crippen LogP contribution in [0.4, 0.5) is 17.1 Å². The lowest BCUT2D eigenvalue weighted by Gasteiger charge is -2.36. The van der Waals surface area contributed by atoms with E-state index in [1.165, 1.54) is 12.1 Å². The van der Waals surface area contributed by atoms with E-state index in [1.54, 1.807) is 0 Å². The number of rotatable bonds is 5. The van der Waals surface area contributed by atoms with Crippen LogP contribution in [0.25, 0.3) is 0 Å². The molecule has 3 atom stereocenters. The fourth-order valence-electron chi connectivity index (χ4n) is 4.21. The van der Waals surface area contributed by atoms with Gasteiger partial charge in [-0.3, -0.25) is 25.7 Å². The Morgan fingerprint density at radius 3 is 2.60 bits per heavy atom. The summed E-state index contributed by atoms with van der Waals surface area (Å²) in [7, 11) is 0. The van der Waals surface area contributed by atoms with Crippen LogP contribution in [0.1, 0.15) is 33.1 Å². The Balaban J connectivity index is 1.91. The number of nitrogens with zero attached hydrogens (tertiary/aromatic N) is 3. The topological polar surface area (TPSA) is 111 Å². The maximum Gasteiger partial charge on any atom is 0.301 e. The molecular formula is C16H19BrN4O4. The Labute approximate surface area is 153 Å². The van der Waals surface area contributed by atoms with Crippen LogP contribution in [0.5, 0.6) is 0 Å². The standard InChI is InChI=1S/C16H19BrN4O4/c1-15-6-5-10(16(15,2)9-17)7-14(15)19-18-12-4-3-11(20(22)23)8-13(12)21(24)25/h3-4,8,10,18H,5-7,9H2,1-2H3/t10-,15+,16-/m1/s1. The lowest BCUT2D eigenvalue weighted by atomic mass is 9.70. The summed E-state index contributed by atoms with van der Waals surface area (Å²) in [6.45, 7) is 4.46. The lowest BCUT2D eigenvalue weighted by molar-refractivity contribution is -0.393. The van der Waals surface area contributed by atoms with E-state index in [0.717, 1.165) is 36.4 Å². The molecule has 2 saturated carbocycles. The van der Waals surface area contributed by atoms with Gasteiger partial charge in [0.1, 0.15) is 5.69 Å². The highest BCUT2D eigenvalue weighted by Gasteiger charge is 2.61. The minimum absolute atomic E-state index is 0.0519. The molecule has 134 valence electrons. The summed E-state index contributed by atoms with van der Waals surface area (Å²) in [6, 6.07) is 3.52. The van der Waals surface area contributed by atoms with Gasteiger partial charge in [-0.15, -0.1) is 0 Å². The van der Waals surface area contributed by atoms with Crippen LogP contribution in [0.2, 0.25) is 0 Å². The number of benzene rings is 1. The highest BCUT2D eigenvalue weighted by molar-refractivity contribution is 9.09. The number of nitro groups is 2. The van der Waals surface area contributed by atoms with Crippen molar-refractivity contribution in [2.45, 2.75) is 33.1 Å². The first kappa shape index (κ1) is 17.8. The van der Waals surface area contributed by atoms with Crippen molar-refractivity contribution >= 4 is 38.7 Å². The molecule has 8 nitrogen and oxygen atoms in total. The Hall–Kier alpha value is -2.03. The van der Waals surface area contributed by atoms with Gasteiger partial charge in [0.25, 0.3) is 5.69 Å². The van der Waals surface area contributed by atoms with Crippen LogP contribution in [0.15, 0.2) is 23.3 Å². The first-order valence-electron chi connectivity index (χ1n) is 8.05. The number of nitro benzene ring substituents is 2. The Kier molecular flexibility index (Phi) is 4.30. The van der Waals surface area contributed by atoms with Crippen LogP contribution in [-0.2, 0) is 0 Å². The molecule has 9 heteroatoms. The normalized spacial score (nSPS) is 32.1. The van der Waals surface area contributed by atoms with E-state index in [1.807, 2.05) is 0 Å². The molecule has 25 heavy (non-hydrogen) atoms. The minimum Gasteiger partial charge on any atom is -0.272 e. The molecule has 0 radical (unpaired) electrons. The fourth-order valence-corrected chi connectivity index (χ4v) is 5.29. The molecule has 3 rings (SSSR count). The predicted molar refractivity (Wildman–Crippen MR) is 98.2 cm³/mol. The van der Waals surface area contributed by atoms with Gasteiger partial charge in [-0.2, -0.15) is 5.10 Å². The van der Waals surface area contributed by atoms with Gasteiger partial charge in [0, 0.05) is 22.5 Å². The number of nitrogens with one attached hydrogen (secondary N) is 1. The van der Waals surface area contributed by atoms with Gasteiger partial charge in [-0.1, -0.05) is 29.8 Å². The van der Waals surface area contributed by atoms with E-state index in [2.05, 4.69) is 40.3 Å². The Morgan fingerprint density at radius 2 is 2.04 bits per heavy atom. The van der Waals surface area contributed by atoms with Crippen LogP contribution < -0.4 is 5.43 Å². The molecule has 1 aromatic carbocycles. The fraction of sp³-hybridized carbons (Fsp3) is 0.562. The Morgan fingerprint density at radius 1 is 1.32 bits per heavy atom. The molecule has 2 aliphatic rings. The summed E-state index contributed by atoms with van der Waals surface area (Å²) in [5, 5.41) is 27.4. The van der Waals surface area contributed by atoms with Gasteiger partial charge in [0.15, 0.2) is 0 Å². The highest BCUT2D eigenvalue weighted by Crippen LogP contribution is 2.64. The number of fused-ring (bicyclic) bond motifs is 2. The number of hydrazone groups is 1. The van der Waals surface area contributed by atoms with Crippen molar-refractivity contribution in [2.24, 2.45) is 21.8 Å². The van der Waals surface area contributed by atoms with E-state index in [0.29, 0.717) is 5.92 Å². The first-order chi connectivity index (χ1) is 11.7. The summed E-state index contributed by atoms with van der Waals surface area (Å²) in [4.78, 5) is 20.7. The van der Waals surface area contributed by atoms with E-state index in [4.69, 9.17) is 0 Å². The molecule has 0 heterocycles. The maximum atomic E-state index is 11.2. The van der Waals surface area contributed by atoms with Crippen molar-refractivity contribution < 1.29 is 9.85 Å².